The van der Waals surface area contributed by atoms with Gasteiger partial charge in [0.1, 0.15) is 17.2 Å². The minimum atomic E-state index is -0.131. The Labute approximate surface area is 134 Å². The highest BCUT2D eigenvalue weighted by molar-refractivity contribution is 9.11. The van der Waals surface area contributed by atoms with Crippen LogP contribution in [-0.2, 0) is 0 Å². The molecule has 7 heteroatoms. The standard InChI is InChI=1S/C12H7Br3N2O2/c13-6-4-7(14)11(8(15)5-6)16-17-12-9(18)2-1-3-10(12)19/h1-5,18-19H. The first kappa shape index (κ1) is 14.5. The van der Waals surface area contributed by atoms with E-state index in [0.29, 0.717) is 5.69 Å². The lowest BCUT2D eigenvalue weighted by molar-refractivity contribution is 0.452. The van der Waals surface area contributed by atoms with E-state index in [9.17, 15) is 10.2 Å². The maximum atomic E-state index is 9.61. The van der Waals surface area contributed by atoms with Gasteiger partial charge in [-0.1, -0.05) is 22.0 Å². The Hall–Kier alpha value is -0.920. The molecule has 0 saturated heterocycles. The van der Waals surface area contributed by atoms with Crippen LogP contribution in [0.5, 0.6) is 11.5 Å². The Morgan fingerprint density at radius 1 is 0.789 bits per heavy atom. The van der Waals surface area contributed by atoms with E-state index >= 15 is 0 Å². The summed E-state index contributed by atoms with van der Waals surface area (Å²) >= 11 is 10.1. The zero-order valence-corrected chi connectivity index (χ0v) is 14.1. The van der Waals surface area contributed by atoms with Crippen LogP contribution in [0.15, 0.2) is 54.0 Å². The summed E-state index contributed by atoms with van der Waals surface area (Å²) in [5.41, 5.74) is 0.593. The molecule has 2 aromatic rings. The Kier molecular flexibility index (Phi) is 4.59. The van der Waals surface area contributed by atoms with Crippen molar-refractivity contribution in [2.24, 2.45) is 10.2 Å². The third kappa shape index (κ3) is 3.34. The monoisotopic (exact) mass is 448 g/mol. The quantitative estimate of drug-likeness (QED) is 0.568. The van der Waals surface area contributed by atoms with Gasteiger partial charge in [0.15, 0.2) is 5.69 Å². The number of halogens is 3. The molecule has 4 nitrogen and oxygen atoms in total. The number of aromatic hydroxyl groups is 2. The average molecular weight is 451 g/mol. The lowest BCUT2D eigenvalue weighted by Gasteiger charge is -2.03. The molecule has 0 heterocycles. The molecule has 0 aliphatic rings. The summed E-state index contributed by atoms with van der Waals surface area (Å²) in [6, 6.07) is 8.03. The highest BCUT2D eigenvalue weighted by Gasteiger charge is 2.08. The van der Waals surface area contributed by atoms with E-state index in [4.69, 9.17) is 0 Å². The molecule has 2 aromatic carbocycles. The summed E-state index contributed by atoms with van der Waals surface area (Å²) in [7, 11) is 0. The molecule has 0 amide bonds. The molecule has 0 bridgehead atoms. The first-order chi connectivity index (χ1) is 8.99. The van der Waals surface area contributed by atoms with Crippen LogP contribution in [0.4, 0.5) is 11.4 Å². The van der Waals surface area contributed by atoms with E-state index in [1.165, 1.54) is 18.2 Å². The number of benzene rings is 2. The predicted molar refractivity (Wildman–Crippen MR) is 83.5 cm³/mol. The van der Waals surface area contributed by atoms with Gasteiger partial charge < -0.3 is 10.2 Å². The molecule has 19 heavy (non-hydrogen) atoms. The van der Waals surface area contributed by atoms with Crippen molar-refractivity contribution in [3.8, 4) is 11.5 Å². The van der Waals surface area contributed by atoms with Gasteiger partial charge in [-0.3, -0.25) is 0 Å². The Balaban J connectivity index is 2.44. The lowest BCUT2D eigenvalue weighted by atomic mass is 10.3. The van der Waals surface area contributed by atoms with Crippen molar-refractivity contribution in [2.75, 3.05) is 0 Å². The van der Waals surface area contributed by atoms with E-state index in [1.807, 2.05) is 12.1 Å². The van der Waals surface area contributed by atoms with Gasteiger partial charge in [-0.25, -0.2) is 0 Å². The van der Waals surface area contributed by atoms with Crippen molar-refractivity contribution in [3.05, 3.63) is 43.7 Å². The molecule has 2 N–H and O–H groups in total. The highest BCUT2D eigenvalue weighted by atomic mass is 79.9. The summed E-state index contributed by atoms with van der Waals surface area (Å²) in [6.45, 7) is 0. The number of hydrogen-bond acceptors (Lipinski definition) is 4. The zero-order chi connectivity index (χ0) is 14.0. The third-order valence-corrected chi connectivity index (χ3v) is 3.89. The third-order valence-electron chi connectivity index (χ3n) is 2.23. The normalized spacial score (nSPS) is 11.1. The van der Waals surface area contributed by atoms with E-state index in [0.717, 1.165) is 13.4 Å². The zero-order valence-electron chi connectivity index (χ0n) is 9.31. The van der Waals surface area contributed by atoms with Crippen LogP contribution >= 0.6 is 47.8 Å². The van der Waals surface area contributed by atoms with Crippen LogP contribution in [0.2, 0.25) is 0 Å². The molecule has 0 atom stereocenters. The van der Waals surface area contributed by atoms with Crippen molar-refractivity contribution in [1.82, 2.24) is 0 Å². The number of hydrogen-bond donors (Lipinski definition) is 2. The maximum absolute atomic E-state index is 9.61. The average Bonchev–Trinajstić information content (AvgIpc) is 2.31. The minimum Gasteiger partial charge on any atom is -0.505 e. The summed E-state index contributed by atoms with van der Waals surface area (Å²) in [6.07, 6.45) is 0. The van der Waals surface area contributed by atoms with Crippen molar-refractivity contribution in [2.45, 2.75) is 0 Å². The molecule has 2 rings (SSSR count). The Morgan fingerprint density at radius 3 is 1.79 bits per heavy atom. The fraction of sp³-hybridized carbons (Fsp3) is 0. The summed E-state index contributed by atoms with van der Waals surface area (Å²) in [4.78, 5) is 0. The molecule has 0 aromatic heterocycles. The van der Waals surface area contributed by atoms with Gasteiger partial charge in [0.05, 0.1) is 0 Å². The first-order valence-corrected chi connectivity index (χ1v) is 7.44. The second-order valence-electron chi connectivity index (χ2n) is 3.56. The SMILES string of the molecule is Oc1cccc(O)c1N=Nc1c(Br)cc(Br)cc1Br. The van der Waals surface area contributed by atoms with Gasteiger partial charge in [0.2, 0.25) is 0 Å². The molecular weight excluding hydrogens is 444 g/mol. The molecule has 0 aliphatic carbocycles. The number of phenolic OH excluding ortho intramolecular Hbond substituents is 2. The van der Waals surface area contributed by atoms with Crippen LogP contribution < -0.4 is 0 Å². The number of phenols is 2. The highest BCUT2D eigenvalue weighted by Crippen LogP contribution is 2.40. The second-order valence-corrected chi connectivity index (χ2v) is 6.19. The molecule has 0 spiro atoms. The summed E-state index contributed by atoms with van der Waals surface area (Å²) in [5.74, 6) is -0.263. The van der Waals surface area contributed by atoms with Crippen molar-refractivity contribution >= 4 is 59.2 Å². The minimum absolute atomic E-state index is 0.0317. The molecule has 0 unspecified atom stereocenters. The van der Waals surface area contributed by atoms with Gasteiger partial charge in [0, 0.05) is 13.4 Å². The fourth-order valence-corrected chi connectivity index (χ4v) is 3.77. The maximum Gasteiger partial charge on any atom is 0.169 e. The largest absolute Gasteiger partial charge is 0.505 e. The van der Waals surface area contributed by atoms with Crippen molar-refractivity contribution in [3.63, 3.8) is 0 Å². The van der Waals surface area contributed by atoms with Crippen LogP contribution in [-0.4, -0.2) is 10.2 Å². The van der Waals surface area contributed by atoms with Crippen molar-refractivity contribution in [1.29, 1.82) is 0 Å². The lowest BCUT2D eigenvalue weighted by Crippen LogP contribution is -1.74. The summed E-state index contributed by atoms with van der Waals surface area (Å²) in [5, 5.41) is 27.1. The van der Waals surface area contributed by atoms with Gasteiger partial charge in [-0.05, 0) is 56.1 Å². The topological polar surface area (TPSA) is 65.2 Å². The summed E-state index contributed by atoms with van der Waals surface area (Å²) < 4.78 is 2.34. The second kappa shape index (κ2) is 6.02. The van der Waals surface area contributed by atoms with E-state index in [2.05, 4.69) is 58.0 Å². The van der Waals surface area contributed by atoms with Crippen LogP contribution in [0.3, 0.4) is 0 Å². The first-order valence-electron chi connectivity index (χ1n) is 5.06. The predicted octanol–water partition coefficient (Wildman–Crippen LogP) is 5.80. The van der Waals surface area contributed by atoms with Gasteiger partial charge in [-0.2, -0.15) is 0 Å². The van der Waals surface area contributed by atoms with Crippen LogP contribution in [0, 0.1) is 0 Å². The Bertz CT molecular complexity index is 616. The number of nitrogens with zero attached hydrogens (tertiary/aromatic N) is 2. The smallest absolute Gasteiger partial charge is 0.169 e. The molecular formula is C12H7Br3N2O2. The van der Waals surface area contributed by atoms with Crippen LogP contribution in [0.25, 0.3) is 0 Å². The van der Waals surface area contributed by atoms with Gasteiger partial charge >= 0.3 is 0 Å². The number of azo groups is 1. The molecule has 0 radical (unpaired) electrons. The van der Waals surface area contributed by atoms with Crippen molar-refractivity contribution < 1.29 is 10.2 Å². The Morgan fingerprint density at radius 2 is 1.26 bits per heavy atom. The molecule has 0 saturated carbocycles. The van der Waals surface area contributed by atoms with E-state index in [-0.39, 0.29) is 17.2 Å². The molecule has 0 fully saturated rings. The van der Waals surface area contributed by atoms with E-state index < -0.39 is 0 Å². The van der Waals surface area contributed by atoms with Gasteiger partial charge in [0.25, 0.3) is 0 Å². The molecule has 98 valence electrons. The molecule has 0 aliphatic heterocycles. The fourth-order valence-electron chi connectivity index (χ4n) is 1.35. The number of rotatable bonds is 2. The van der Waals surface area contributed by atoms with Gasteiger partial charge in [-0.15, -0.1) is 10.2 Å². The van der Waals surface area contributed by atoms with E-state index in [1.54, 1.807) is 0 Å². The van der Waals surface area contributed by atoms with Crippen LogP contribution in [0.1, 0.15) is 0 Å².